The highest BCUT2D eigenvalue weighted by molar-refractivity contribution is 8.18. The van der Waals surface area contributed by atoms with Gasteiger partial charge in [0.15, 0.2) is 17.2 Å². The fourth-order valence-corrected chi connectivity index (χ4v) is 3.88. The van der Waals surface area contributed by atoms with Crippen molar-refractivity contribution in [3.8, 4) is 17.2 Å². The van der Waals surface area contributed by atoms with E-state index in [9.17, 15) is 22.8 Å². The number of nitrogens with zero attached hydrogens (tertiary/aromatic N) is 2. The van der Waals surface area contributed by atoms with Crippen LogP contribution in [0.15, 0.2) is 41.3 Å². The molecule has 0 unspecified atom stereocenters. The fraction of sp³-hybridized carbons (Fsp3) is 0.261. The molecule has 1 aliphatic heterocycles. The number of alkyl halides is 3. The quantitative estimate of drug-likeness (QED) is 0.251. The van der Waals surface area contributed by atoms with Crippen molar-refractivity contribution in [3.63, 3.8) is 0 Å². The second-order valence-electron chi connectivity index (χ2n) is 6.83. The van der Waals surface area contributed by atoms with Crippen molar-refractivity contribution in [3.05, 3.63) is 63.8 Å². The topological polar surface area (TPSA) is 69.4 Å². The number of imide groups is 1. The highest BCUT2D eigenvalue weighted by Gasteiger charge is 2.36. The van der Waals surface area contributed by atoms with E-state index in [4.69, 9.17) is 20.8 Å². The van der Waals surface area contributed by atoms with Gasteiger partial charge >= 0.3 is 6.18 Å². The number of ether oxygens (including phenoxy) is 3. The first kappa shape index (κ1) is 25.1. The fourth-order valence-electron chi connectivity index (χ4n) is 3.02. The summed E-state index contributed by atoms with van der Waals surface area (Å²) in [5, 5.41) is -0.412. The molecule has 2 amide bonds. The first-order valence-corrected chi connectivity index (χ1v) is 10.8. The molecule has 1 fully saturated rings. The van der Waals surface area contributed by atoms with Crippen LogP contribution in [0.5, 0.6) is 17.2 Å². The Balaban J connectivity index is 1.86. The van der Waals surface area contributed by atoms with Crippen LogP contribution < -0.4 is 9.47 Å². The Morgan fingerprint density at radius 2 is 1.85 bits per heavy atom. The van der Waals surface area contributed by atoms with Gasteiger partial charge in [-0.2, -0.15) is 13.2 Å². The van der Waals surface area contributed by atoms with E-state index in [1.54, 1.807) is 6.92 Å². The minimum absolute atomic E-state index is 0.00512. The van der Waals surface area contributed by atoms with Gasteiger partial charge in [0.2, 0.25) is 0 Å². The highest BCUT2D eigenvalue weighted by Crippen LogP contribution is 2.42. The molecule has 1 saturated heterocycles. The molecule has 7 nitrogen and oxygen atoms in total. The maximum absolute atomic E-state index is 13.4. The molecular formula is C23H19F3N2O5S. The van der Waals surface area contributed by atoms with Crippen LogP contribution in [0.25, 0.3) is 10.9 Å². The molecule has 178 valence electrons. The van der Waals surface area contributed by atoms with E-state index >= 15 is 0 Å². The number of hydrogen-bond acceptors (Lipinski definition) is 6. The molecule has 34 heavy (non-hydrogen) atoms. The van der Waals surface area contributed by atoms with E-state index in [1.807, 2.05) is 0 Å². The van der Waals surface area contributed by atoms with E-state index in [-0.39, 0.29) is 35.2 Å². The standard InChI is InChI=1S/C23H19F3N2O5S/c1-4-32-10-9-28-21(29)20(34-22(28)30)12-14-5-7-18(19(11-14)31-3)33-17-8-6-15(27-2)13-16(17)23(24,25)26/h5-8,11-13H,4,9-10H2,1,3H3/b20-12-. The van der Waals surface area contributed by atoms with Gasteiger partial charge in [0.25, 0.3) is 11.1 Å². The van der Waals surface area contributed by atoms with Crippen molar-refractivity contribution < 1.29 is 37.0 Å². The molecule has 0 atom stereocenters. The zero-order chi connectivity index (χ0) is 24.9. The molecule has 2 aromatic carbocycles. The monoisotopic (exact) mass is 492 g/mol. The maximum atomic E-state index is 13.4. The van der Waals surface area contributed by atoms with E-state index in [2.05, 4.69) is 4.85 Å². The van der Waals surface area contributed by atoms with Crippen molar-refractivity contribution in [2.24, 2.45) is 0 Å². The summed E-state index contributed by atoms with van der Waals surface area (Å²) in [7, 11) is 1.32. The molecule has 0 N–H and O–H groups in total. The maximum Gasteiger partial charge on any atom is 0.418 e. The average molecular weight is 492 g/mol. The van der Waals surface area contributed by atoms with Gasteiger partial charge in [-0.1, -0.05) is 12.1 Å². The number of rotatable bonds is 8. The normalized spacial score (nSPS) is 15.1. The predicted octanol–water partition coefficient (Wildman–Crippen LogP) is 6.13. The Bertz CT molecular complexity index is 1170. The molecule has 0 spiro atoms. The second-order valence-corrected chi connectivity index (χ2v) is 7.83. The van der Waals surface area contributed by atoms with Crippen molar-refractivity contribution >= 4 is 34.7 Å². The number of carbonyl (C=O) groups excluding carboxylic acids is 2. The molecule has 0 aromatic heterocycles. The molecule has 0 aliphatic carbocycles. The molecule has 3 rings (SSSR count). The molecular weight excluding hydrogens is 473 g/mol. The minimum atomic E-state index is -4.73. The molecule has 1 heterocycles. The van der Waals surface area contributed by atoms with E-state index in [1.165, 1.54) is 37.5 Å². The first-order valence-electron chi connectivity index (χ1n) is 9.95. The molecule has 1 aliphatic rings. The Labute approximate surface area is 197 Å². The van der Waals surface area contributed by atoms with Crippen LogP contribution in [0.1, 0.15) is 18.1 Å². The lowest BCUT2D eigenvalue weighted by atomic mass is 10.1. The third kappa shape index (κ3) is 5.70. The van der Waals surface area contributed by atoms with Gasteiger partial charge in [0, 0.05) is 6.61 Å². The lowest BCUT2D eigenvalue weighted by Gasteiger charge is -2.16. The smallest absolute Gasteiger partial charge is 0.418 e. The zero-order valence-corrected chi connectivity index (χ0v) is 19.0. The summed E-state index contributed by atoms with van der Waals surface area (Å²) in [4.78, 5) is 29.0. The Morgan fingerprint density at radius 1 is 1.12 bits per heavy atom. The third-order valence-electron chi connectivity index (χ3n) is 4.64. The van der Waals surface area contributed by atoms with Crippen LogP contribution in [0.3, 0.4) is 0 Å². The summed E-state index contributed by atoms with van der Waals surface area (Å²) in [6.45, 7) is 9.58. The molecule has 11 heteroatoms. The van der Waals surface area contributed by atoms with Gasteiger partial charge in [-0.3, -0.25) is 14.5 Å². The molecule has 2 aromatic rings. The largest absolute Gasteiger partial charge is 0.493 e. The number of thioether (sulfide) groups is 1. The average Bonchev–Trinajstić information content (AvgIpc) is 3.07. The summed E-state index contributed by atoms with van der Waals surface area (Å²) >= 11 is 0.785. The lowest BCUT2D eigenvalue weighted by molar-refractivity contribution is -0.138. The van der Waals surface area contributed by atoms with E-state index < -0.39 is 28.6 Å². The highest BCUT2D eigenvalue weighted by atomic mass is 32.2. The third-order valence-corrected chi connectivity index (χ3v) is 5.55. The Morgan fingerprint density at radius 3 is 2.50 bits per heavy atom. The number of carbonyl (C=O) groups is 2. The Hall–Kier alpha value is -3.49. The van der Waals surface area contributed by atoms with Gasteiger partial charge in [-0.15, -0.1) is 0 Å². The predicted molar refractivity (Wildman–Crippen MR) is 120 cm³/mol. The molecule has 0 saturated carbocycles. The summed E-state index contributed by atoms with van der Waals surface area (Å²) in [5.41, 5.74) is -0.774. The summed E-state index contributed by atoms with van der Waals surface area (Å²) < 4.78 is 56.3. The van der Waals surface area contributed by atoms with Crippen LogP contribution in [0.2, 0.25) is 0 Å². The van der Waals surface area contributed by atoms with Gasteiger partial charge in [-0.05, 0) is 54.6 Å². The summed E-state index contributed by atoms with van der Waals surface area (Å²) in [6.07, 6.45) is -3.24. The van der Waals surface area contributed by atoms with Crippen LogP contribution in [0, 0.1) is 6.57 Å². The molecule has 0 radical (unpaired) electrons. The van der Waals surface area contributed by atoms with Crippen LogP contribution in [-0.2, 0) is 15.7 Å². The Kier molecular flexibility index (Phi) is 7.86. The van der Waals surface area contributed by atoms with Gasteiger partial charge < -0.3 is 14.2 Å². The summed E-state index contributed by atoms with van der Waals surface area (Å²) in [5.74, 6) is -0.817. The summed E-state index contributed by atoms with van der Waals surface area (Å²) in [6, 6.07) is 7.40. The first-order chi connectivity index (χ1) is 16.2. The van der Waals surface area contributed by atoms with Gasteiger partial charge in [0.05, 0.1) is 37.3 Å². The van der Waals surface area contributed by atoms with Crippen LogP contribution in [0.4, 0.5) is 23.7 Å². The van der Waals surface area contributed by atoms with Crippen molar-refractivity contribution in [2.45, 2.75) is 13.1 Å². The number of methoxy groups -OCH3 is 1. The van der Waals surface area contributed by atoms with Crippen LogP contribution >= 0.6 is 11.8 Å². The lowest BCUT2D eigenvalue weighted by Crippen LogP contribution is -2.31. The SMILES string of the molecule is [C-]#[N+]c1ccc(Oc2ccc(/C=C3\SC(=O)N(CCOCC)C3=O)cc2OC)c(C(F)(F)F)c1. The van der Waals surface area contributed by atoms with Gasteiger partial charge in [-0.25, -0.2) is 4.85 Å². The second kappa shape index (κ2) is 10.6. The van der Waals surface area contributed by atoms with Gasteiger partial charge in [0.1, 0.15) is 5.75 Å². The van der Waals surface area contributed by atoms with Crippen molar-refractivity contribution in [1.82, 2.24) is 4.90 Å². The van der Waals surface area contributed by atoms with Crippen LogP contribution in [-0.4, -0.2) is 42.9 Å². The van der Waals surface area contributed by atoms with E-state index in [0.29, 0.717) is 18.2 Å². The van der Waals surface area contributed by atoms with Crippen molar-refractivity contribution in [1.29, 1.82) is 0 Å². The van der Waals surface area contributed by atoms with E-state index in [0.717, 1.165) is 22.7 Å². The number of hydrogen-bond donors (Lipinski definition) is 0. The van der Waals surface area contributed by atoms with Crippen molar-refractivity contribution in [2.75, 3.05) is 26.9 Å². The minimum Gasteiger partial charge on any atom is -0.493 e. The number of benzene rings is 2. The number of amides is 2. The molecule has 0 bridgehead atoms. The number of halogens is 3. The zero-order valence-electron chi connectivity index (χ0n) is 18.1.